The Hall–Kier alpha value is -1.90. The maximum absolute atomic E-state index is 12.4. The van der Waals surface area contributed by atoms with E-state index in [1.165, 1.54) is 24.8 Å². The Labute approximate surface area is 142 Å². The third kappa shape index (κ3) is 2.33. The normalized spacial score (nSPS) is 38.5. The highest BCUT2D eigenvalue weighted by atomic mass is 16.5. The highest BCUT2D eigenvalue weighted by Crippen LogP contribution is 2.57. The van der Waals surface area contributed by atoms with E-state index < -0.39 is 0 Å². The molecule has 1 aliphatic heterocycles. The quantitative estimate of drug-likeness (QED) is 0.814. The van der Waals surface area contributed by atoms with E-state index in [2.05, 4.69) is 6.92 Å². The molecule has 124 valence electrons. The van der Waals surface area contributed by atoms with Crippen LogP contribution in [0, 0.1) is 24.7 Å². The van der Waals surface area contributed by atoms with Crippen LogP contribution in [0.15, 0.2) is 35.3 Å². The average Bonchev–Trinajstić information content (AvgIpc) is 2.87. The summed E-state index contributed by atoms with van der Waals surface area (Å²) in [5, 5.41) is 0. The SMILES string of the molecule is Cc1ccc(C2=CC(=O)C(=NC34CC5CC(CC(C5)C3)C4)O2)cc1. The number of aryl methyl sites for hydroxylation is 1. The Morgan fingerprint density at radius 3 is 2.17 bits per heavy atom. The monoisotopic (exact) mass is 321 g/mol. The van der Waals surface area contributed by atoms with Crippen molar-refractivity contribution in [1.29, 1.82) is 0 Å². The Bertz CT molecular complexity index is 721. The van der Waals surface area contributed by atoms with Gasteiger partial charge < -0.3 is 4.74 Å². The second kappa shape index (κ2) is 5.05. The van der Waals surface area contributed by atoms with Crippen LogP contribution in [0.25, 0.3) is 5.76 Å². The molecule has 1 heterocycles. The molecule has 1 aromatic carbocycles. The van der Waals surface area contributed by atoms with Crippen LogP contribution in [-0.2, 0) is 9.53 Å². The maximum atomic E-state index is 12.4. The predicted octanol–water partition coefficient (Wildman–Crippen LogP) is 4.30. The van der Waals surface area contributed by atoms with Crippen LogP contribution in [0.1, 0.15) is 49.7 Å². The van der Waals surface area contributed by atoms with Gasteiger partial charge in [0.05, 0.1) is 5.54 Å². The van der Waals surface area contributed by atoms with Gasteiger partial charge in [0.1, 0.15) is 5.76 Å². The molecule has 4 bridgehead atoms. The summed E-state index contributed by atoms with van der Waals surface area (Å²) in [5.41, 5.74) is 2.13. The topological polar surface area (TPSA) is 38.7 Å². The van der Waals surface area contributed by atoms with Crippen LogP contribution in [0.3, 0.4) is 0 Å². The minimum Gasteiger partial charge on any atom is -0.435 e. The zero-order chi connectivity index (χ0) is 16.3. The summed E-state index contributed by atoms with van der Waals surface area (Å²) in [5.74, 6) is 3.36. The molecule has 0 spiro atoms. The Balaban J connectivity index is 1.41. The minimum atomic E-state index is -0.0682. The molecule has 6 rings (SSSR count). The zero-order valence-corrected chi connectivity index (χ0v) is 14.1. The number of ether oxygens (including phenoxy) is 1. The first-order chi connectivity index (χ1) is 11.6. The number of ketones is 1. The molecule has 0 amide bonds. The van der Waals surface area contributed by atoms with E-state index >= 15 is 0 Å². The van der Waals surface area contributed by atoms with Crippen molar-refractivity contribution in [2.75, 3.05) is 0 Å². The highest BCUT2D eigenvalue weighted by molar-refractivity contribution is 6.45. The number of aliphatic imine (C=N–C) groups is 1. The summed E-state index contributed by atoms with van der Waals surface area (Å²) in [4.78, 5) is 17.4. The summed E-state index contributed by atoms with van der Waals surface area (Å²) in [6.07, 6.45) is 9.20. The lowest BCUT2D eigenvalue weighted by molar-refractivity contribution is -0.109. The fourth-order valence-electron chi connectivity index (χ4n) is 5.72. The van der Waals surface area contributed by atoms with Crippen molar-refractivity contribution in [2.24, 2.45) is 22.7 Å². The first kappa shape index (κ1) is 14.4. The van der Waals surface area contributed by atoms with E-state index in [0.717, 1.165) is 42.6 Å². The Morgan fingerprint density at radius 2 is 1.58 bits per heavy atom. The third-order valence-electron chi connectivity index (χ3n) is 6.36. The molecule has 1 aromatic rings. The number of carbonyl (C=O) groups is 1. The van der Waals surface area contributed by atoms with Crippen molar-refractivity contribution in [3.05, 3.63) is 41.5 Å². The van der Waals surface area contributed by atoms with Gasteiger partial charge in [0.25, 0.3) is 5.90 Å². The molecule has 3 heteroatoms. The smallest absolute Gasteiger partial charge is 0.264 e. The number of nitrogens with zero attached hydrogens (tertiary/aromatic N) is 1. The van der Waals surface area contributed by atoms with Crippen molar-refractivity contribution in [2.45, 2.75) is 51.0 Å². The second-order valence-electron chi connectivity index (χ2n) is 8.40. The van der Waals surface area contributed by atoms with Crippen LogP contribution in [-0.4, -0.2) is 17.2 Å². The molecule has 0 unspecified atom stereocenters. The molecule has 0 saturated heterocycles. The first-order valence-electron chi connectivity index (χ1n) is 9.19. The Morgan fingerprint density at radius 1 is 1.00 bits per heavy atom. The van der Waals surface area contributed by atoms with Gasteiger partial charge in [-0.2, -0.15) is 0 Å². The van der Waals surface area contributed by atoms with E-state index in [0.29, 0.717) is 11.7 Å². The van der Waals surface area contributed by atoms with E-state index in [1.54, 1.807) is 6.08 Å². The van der Waals surface area contributed by atoms with Crippen LogP contribution >= 0.6 is 0 Å². The van der Waals surface area contributed by atoms with Crippen molar-refractivity contribution < 1.29 is 9.53 Å². The molecule has 4 saturated carbocycles. The lowest BCUT2D eigenvalue weighted by Gasteiger charge is -2.54. The third-order valence-corrected chi connectivity index (χ3v) is 6.36. The number of benzene rings is 1. The van der Waals surface area contributed by atoms with E-state index in [9.17, 15) is 4.79 Å². The van der Waals surface area contributed by atoms with Crippen molar-refractivity contribution in [1.82, 2.24) is 0 Å². The number of hydrogen-bond acceptors (Lipinski definition) is 3. The van der Waals surface area contributed by atoms with Crippen molar-refractivity contribution >= 4 is 17.4 Å². The fourth-order valence-corrected chi connectivity index (χ4v) is 5.72. The zero-order valence-electron chi connectivity index (χ0n) is 14.1. The summed E-state index contributed by atoms with van der Waals surface area (Å²) < 4.78 is 5.90. The highest BCUT2D eigenvalue weighted by Gasteiger charge is 2.51. The summed E-state index contributed by atoms with van der Waals surface area (Å²) in [6, 6.07) is 8.08. The molecule has 0 radical (unpaired) electrons. The molecule has 24 heavy (non-hydrogen) atoms. The summed E-state index contributed by atoms with van der Waals surface area (Å²) >= 11 is 0. The second-order valence-corrected chi connectivity index (χ2v) is 8.40. The molecule has 4 fully saturated rings. The average molecular weight is 321 g/mol. The van der Waals surface area contributed by atoms with Crippen LogP contribution in [0.5, 0.6) is 0 Å². The molecule has 0 N–H and O–H groups in total. The lowest BCUT2D eigenvalue weighted by atomic mass is 9.53. The van der Waals surface area contributed by atoms with Crippen LogP contribution in [0.2, 0.25) is 0 Å². The molecular formula is C21H23NO2. The summed E-state index contributed by atoms with van der Waals surface area (Å²) in [6.45, 7) is 2.05. The number of rotatable bonds is 2. The van der Waals surface area contributed by atoms with Gasteiger partial charge >= 0.3 is 0 Å². The molecule has 4 aliphatic carbocycles. The lowest BCUT2D eigenvalue weighted by Crippen LogP contribution is -2.50. The van der Waals surface area contributed by atoms with Crippen molar-refractivity contribution in [3.63, 3.8) is 0 Å². The van der Waals surface area contributed by atoms with Gasteiger partial charge in [-0.05, 0) is 63.2 Å². The van der Waals surface area contributed by atoms with Crippen LogP contribution in [0.4, 0.5) is 0 Å². The van der Waals surface area contributed by atoms with E-state index in [1.807, 2.05) is 24.3 Å². The van der Waals surface area contributed by atoms with Crippen molar-refractivity contribution in [3.8, 4) is 0 Å². The van der Waals surface area contributed by atoms with Crippen LogP contribution < -0.4 is 0 Å². The number of carbonyl (C=O) groups excluding carboxylic acids is 1. The van der Waals surface area contributed by atoms with Gasteiger partial charge in [-0.15, -0.1) is 0 Å². The van der Waals surface area contributed by atoms with Gasteiger partial charge in [0, 0.05) is 11.6 Å². The largest absolute Gasteiger partial charge is 0.435 e. The van der Waals surface area contributed by atoms with Gasteiger partial charge in [0.2, 0.25) is 5.78 Å². The number of hydrogen-bond donors (Lipinski definition) is 0. The van der Waals surface area contributed by atoms with Gasteiger partial charge in [-0.25, -0.2) is 4.99 Å². The molecule has 3 nitrogen and oxygen atoms in total. The van der Waals surface area contributed by atoms with Gasteiger partial charge in [-0.3, -0.25) is 4.79 Å². The van der Waals surface area contributed by atoms with E-state index in [4.69, 9.17) is 9.73 Å². The van der Waals surface area contributed by atoms with E-state index in [-0.39, 0.29) is 11.3 Å². The first-order valence-corrected chi connectivity index (χ1v) is 9.19. The summed E-state index contributed by atoms with van der Waals surface area (Å²) in [7, 11) is 0. The molecule has 0 atom stereocenters. The standard InChI is InChI=1S/C21H23NO2/c1-13-2-4-17(5-3-13)19-9-18(23)20(24-19)22-21-10-14-6-15(11-21)8-16(7-14)12-21/h2-5,9,14-16H,6-8,10-12H2,1H3. The van der Waals surface area contributed by atoms with Gasteiger partial charge in [-0.1, -0.05) is 29.8 Å². The molecule has 0 aromatic heterocycles. The fraction of sp³-hybridized carbons (Fsp3) is 0.524. The predicted molar refractivity (Wildman–Crippen MR) is 93.6 cm³/mol. The maximum Gasteiger partial charge on any atom is 0.264 e. The van der Waals surface area contributed by atoms with Gasteiger partial charge in [0.15, 0.2) is 0 Å². The Kier molecular flexibility index (Phi) is 3.04. The molecular weight excluding hydrogens is 298 g/mol. The molecule has 5 aliphatic rings. The minimum absolute atomic E-state index is 0.0176.